The van der Waals surface area contributed by atoms with Crippen LogP contribution in [0.3, 0.4) is 0 Å². The fraction of sp³-hybridized carbons (Fsp3) is 0.400. The Kier molecular flexibility index (Phi) is 4.85. The van der Waals surface area contributed by atoms with Crippen LogP contribution in [0.2, 0.25) is 0 Å². The molecule has 0 spiro atoms. The average molecular weight is 366 g/mol. The minimum Gasteiger partial charge on any atom is -0.441 e. The first kappa shape index (κ1) is 17.6. The zero-order chi connectivity index (χ0) is 18.8. The van der Waals surface area contributed by atoms with Gasteiger partial charge in [-0.25, -0.2) is 4.98 Å². The summed E-state index contributed by atoms with van der Waals surface area (Å²) in [7, 11) is 0. The number of anilines is 1. The number of nitrogens with zero attached hydrogens (tertiary/aromatic N) is 3. The molecule has 0 unspecified atom stereocenters. The van der Waals surface area contributed by atoms with E-state index in [-0.39, 0.29) is 18.4 Å². The number of aliphatic hydroxyl groups excluding tert-OH is 1. The van der Waals surface area contributed by atoms with Crippen molar-refractivity contribution in [2.75, 3.05) is 11.9 Å². The van der Waals surface area contributed by atoms with Crippen molar-refractivity contribution in [3.63, 3.8) is 0 Å². The Labute approximate surface area is 156 Å². The van der Waals surface area contributed by atoms with Crippen molar-refractivity contribution in [3.8, 4) is 11.3 Å². The van der Waals surface area contributed by atoms with Gasteiger partial charge in [-0.05, 0) is 55.9 Å². The van der Waals surface area contributed by atoms with Gasteiger partial charge in [-0.3, -0.25) is 4.79 Å². The molecule has 0 atom stereocenters. The number of fused-ring (bicyclic) bond motifs is 1. The molecular formula is C20H22N4O3. The van der Waals surface area contributed by atoms with Gasteiger partial charge in [0.05, 0.1) is 11.7 Å². The molecule has 2 heterocycles. The monoisotopic (exact) mass is 366 g/mol. The Morgan fingerprint density at radius 3 is 2.74 bits per heavy atom. The molecule has 1 saturated carbocycles. The molecule has 2 aromatic heterocycles. The van der Waals surface area contributed by atoms with Crippen molar-refractivity contribution in [2.24, 2.45) is 11.8 Å². The zero-order valence-electron chi connectivity index (χ0n) is 15.2. The predicted molar refractivity (Wildman–Crippen MR) is 101 cm³/mol. The third-order valence-electron chi connectivity index (χ3n) is 5.22. The first-order valence-corrected chi connectivity index (χ1v) is 9.24. The van der Waals surface area contributed by atoms with Crippen LogP contribution in [0.5, 0.6) is 0 Å². The minimum absolute atomic E-state index is 0.0259. The van der Waals surface area contributed by atoms with E-state index in [4.69, 9.17) is 4.42 Å². The molecule has 1 fully saturated rings. The lowest BCUT2D eigenvalue weighted by Crippen LogP contribution is -2.28. The van der Waals surface area contributed by atoms with E-state index >= 15 is 0 Å². The van der Waals surface area contributed by atoms with Gasteiger partial charge >= 0.3 is 0 Å². The number of benzene rings is 1. The number of amides is 1. The van der Waals surface area contributed by atoms with E-state index in [1.54, 1.807) is 13.1 Å². The normalized spacial score (nSPS) is 19.9. The minimum atomic E-state index is -0.0335. The summed E-state index contributed by atoms with van der Waals surface area (Å²) < 4.78 is 5.58. The molecule has 0 bridgehead atoms. The Morgan fingerprint density at radius 1 is 1.22 bits per heavy atom. The topological polar surface area (TPSA) is 101 Å². The summed E-state index contributed by atoms with van der Waals surface area (Å²) in [6.45, 7) is 2.01. The lowest BCUT2D eigenvalue weighted by atomic mass is 9.82. The molecule has 140 valence electrons. The molecule has 27 heavy (non-hydrogen) atoms. The van der Waals surface area contributed by atoms with Gasteiger partial charge in [-0.2, -0.15) is 0 Å². The van der Waals surface area contributed by atoms with E-state index in [9.17, 15) is 9.90 Å². The average Bonchev–Trinajstić information content (AvgIpc) is 3.14. The summed E-state index contributed by atoms with van der Waals surface area (Å²) in [5, 5.41) is 21.3. The second-order valence-corrected chi connectivity index (χ2v) is 7.14. The fourth-order valence-electron chi connectivity index (χ4n) is 3.59. The van der Waals surface area contributed by atoms with Crippen molar-refractivity contribution in [3.05, 3.63) is 36.4 Å². The van der Waals surface area contributed by atoms with E-state index < -0.39 is 0 Å². The molecule has 1 aromatic carbocycles. The molecule has 1 aliphatic rings. The molecule has 4 rings (SSSR count). The molecule has 0 aliphatic heterocycles. The summed E-state index contributed by atoms with van der Waals surface area (Å²) in [5.41, 5.74) is 1.65. The highest BCUT2D eigenvalue weighted by Crippen LogP contribution is 2.30. The van der Waals surface area contributed by atoms with Gasteiger partial charge in [-0.1, -0.05) is 0 Å². The summed E-state index contributed by atoms with van der Waals surface area (Å²) in [6, 6.07) is 7.56. The highest BCUT2D eigenvalue weighted by molar-refractivity contribution is 5.94. The van der Waals surface area contributed by atoms with Gasteiger partial charge in [0.15, 0.2) is 17.5 Å². The van der Waals surface area contributed by atoms with Crippen molar-refractivity contribution in [1.82, 2.24) is 15.2 Å². The van der Waals surface area contributed by atoms with Crippen molar-refractivity contribution in [1.29, 1.82) is 0 Å². The quantitative estimate of drug-likeness (QED) is 0.734. The first-order chi connectivity index (χ1) is 13.1. The standard InChI is InChI=1S/C20H22N4O3/c1-12-21-10-18(27-12)15-6-7-17-16(8-15)9-19(24-23-17)22-20(26)14-4-2-13(11-25)3-5-14/h6-10,13-14,25H,2-5,11H2,1H3,(H,22,24,26). The number of hydrogen-bond acceptors (Lipinski definition) is 6. The van der Waals surface area contributed by atoms with Crippen LogP contribution < -0.4 is 5.32 Å². The number of carbonyl (C=O) groups is 1. The van der Waals surface area contributed by atoms with Crippen LogP contribution in [0.15, 0.2) is 34.9 Å². The second-order valence-electron chi connectivity index (χ2n) is 7.14. The molecule has 0 saturated heterocycles. The number of rotatable bonds is 4. The number of hydrogen-bond donors (Lipinski definition) is 2. The van der Waals surface area contributed by atoms with Gasteiger partial charge < -0.3 is 14.8 Å². The molecule has 7 nitrogen and oxygen atoms in total. The van der Waals surface area contributed by atoms with Crippen molar-refractivity contribution in [2.45, 2.75) is 32.6 Å². The van der Waals surface area contributed by atoms with E-state index in [0.717, 1.165) is 42.1 Å². The van der Waals surface area contributed by atoms with Gasteiger partial charge in [-0.15, -0.1) is 10.2 Å². The summed E-state index contributed by atoms with van der Waals surface area (Å²) in [6.07, 6.45) is 5.06. The summed E-state index contributed by atoms with van der Waals surface area (Å²) in [4.78, 5) is 16.7. The lowest BCUT2D eigenvalue weighted by molar-refractivity contribution is -0.121. The molecule has 0 radical (unpaired) electrons. The van der Waals surface area contributed by atoms with Crippen LogP contribution >= 0.6 is 0 Å². The summed E-state index contributed by atoms with van der Waals surface area (Å²) in [5.74, 6) is 2.02. The Hall–Kier alpha value is -2.80. The fourth-order valence-corrected chi connectivity index (χ4v) is 3.59. The van der Waals surface area contributed by atoms with Crippen molar-refractivity contribution >= 4 is 22.6 Å². The van der Waals surface area contributed by atoms with E-state index in [0.29, 0.717) is 23.4 Å². The third kappa shape index (κ3) is 3.83. The van der Waals surface area contributed by atoms with E-state index in [1.807, 2.05) is 24.3 Å². The van der Waals surface area contributed by atoms with Gasteiger partial charge in [0.1, 0.15) is 0 Å². The molecule has 2 N–H and O–H groups in total. The molecule has 7 heteroatoms. The third-order valence-corrected chi connectivity index (χ3v) is 5.22. The van der Waals surface area contributed by atoms with Crippen LogP contribution in [0, 0.1) is 18.8 Å². The Balaban J connectivity index is 1.51. The van der Waals surface area contributed by atoms with Crippen LogP contribution in [0.25, 0.3) is 22.2 Å². The van der Waals surface area contributed by atoms with E-state index in [1.165, 1.54) is 0 Å². The van der Waals surface area contributed by atoms with Crippen LogP contribution in [-0.2, 0) is 4.79 Å². The number of carbonyl (C=O) groups excluding carboxylic acids is 1. The maximum Gasteiger partial charge on any atom is 0.228 e. The van der Waals surface area contributed by atoms with Crippen LogP contribution in [0.1, 0.15) is 31.6 Å². The van der Waals surface area contributed by atoms with Gasteiger partial charge in [0.25, 0.3) is 0 Å². The first-order valence-electron chi connectivity index (χ1n) is 9.24. The largest absolute Gasteiger partial charge is 0.441 e. The zero-order valence-corrected chi connectivity index (χ0v) is 15.2. The number of aryl methyl sites for hydroxylation is 1. The Bertz CT molecular complexity index is 961. The maximum absolute atomic E-state index is 12.5. The Morgan fingerprint density at radius 2 is 2.04 bits per heavy atom. The van der Waals surface area contributed by atoms with Crippen molar-refractivity contribution < 1.29 is 14.3 Å². The number of oxazole rings is 1. The predicted octanol–water partition coefficient (Wildman–Crippen LogP) is 3.33. The number of aliphatic hydroxyl groups is 1. The highest BCUT2D eigenvalue weighted by atomic mass is 16.4. The molecule has 1 aliphatic carbocycles. The summed E-state index contributed by atoms with van der Waals surface area (Å²) >= 11 is 0. The number of nitrogens with one attached hydrogen (secondary N) is 1. The molecular weight excluding hydrogens is 344 g/mol. The van der Waals surface area contributed by atoms with Gasteiger partial charge in [0.2, 0.25) is 5.91 Å². The van der Waals surface area contributed by atoms with Crippen LogP contribution in [-0.4, -0.2) is 32.8 Å². The smallest absolute Gasteiger partial charge is 0.228 e. The second kappa shape index (κ2) is 7.44. The van der Waals surface area contributed by atoms with E-state index in [2.05, 4.69) is 20.5 Å². The number of aromatic nitrogens is 3. The maximum atomic E-state index is 12.5. The highest BCUT2D eigenvalue weighted by Gasteiger charge is 2.26. The molecule has 3 aromatic rings. The van der Waals surface area contributed by atoms with Gasteiger partial charge in [0, 0.05) is 30.4 Å². The molecule has 1 amide bonds. The SMILES string of the molecule is Cc1ncc(-c2ccc3nnc(NC(=O)C4CCC(CO)CC4)cc3c2)o1. The van der Waals surface area contributed by atoms with Crippen LogP contribution in [0.4, 0.5) is 5.82 Å². The lowest BCUT2D eigenvalue weighted by Gasteiger charge is -2.26.